The molecule has 10 heteroatoms. The molecule has 0 bridgehead atoms. The molecule has 3 aromatic heterocycles. The number of nitrogen functional groups attached to an aromatic ring is 1. The van der Waals surface area contributed by atoms with Crippen molar-refractivity contribution in [3.63, 3.8) is 0 Å². The van der Waals surface area contributed by atoms with Gasteiger partial charge in [0.15, 0.2) is 9.84 Å². The molecule has 1 saturated heterocycles. The van der Waals surface area contributed by atoms with Gasteiger partial charge in [0, 0.05) is 56.0 Å². The van der Waals surface area contributed by atoms with Crippen molar-refractivity contribution in [2.45, 2.75) is 4.90 Å². The van der Waals surface area contributed by atoms with Gasteiger partial charge in [0.2, 0.25) is 0 Å². The lowest BCUT2D eigenvalue weighted by Gasteiger charge is -2.28. The lowest BCUT2D eigenvalue weighted by Crippen LogP contribution is -2.44. The molecule has 0 aliphatic carbocycles. The van der Waals surface area contributed by atoms with Crippen LogP contribution in [-0.2, 0) is 9.84 Å². The highest BCUT2D eigenvalue weighted by molar-refractivity contribution is 7.90. The molecule has 1 fully saturated rings. The first kappa shape index (κ1) is 20.9. The summed E-state index contributed by atoms with van der Waals surface area (Å²) in [4.78, 5) is 15.3. The molecule has 0 saturated carbocycles. The highest BCUT2D eigenvalue weighted by Crippen LogP contribution is 2.25. The monoisotopic (exact) mass is 437 g/mol. The Balaban J connectivity index is 1.69. The topological polar surface area (TPSA) is 138 Å². The molecule has 160 valence electrons. The van der Waals surface area contributed by atoms with Crippen molar-refractivity contribution in [2.75, 3.05) is 43.1 Å². The number of aromatic nitrogens is 3. The van der Waals surface area contributed by atoms with Gasteiger partial charge in [0.1, 0.15) is 5.82 Å². The van der Waals surface area contributed by atoms with E-state index in [0.29, 0.717) is 28.2 Å². The lowest BCUT2D eigenvalue weighted by molar-refractivity contribution is 0.585. The Hall–Kier alpha value is -3.37. The van der Waals surface area contributed by atoms with Gasteiger partial charge in [-0.05, 0) is 24.3 Å². The van der Waals surface area contributed by atoms with E-state index in [1.807, 2.05) is 12.1 Å². The van der Waals surface area contributed by atoms with Crippen molar-refractivity contribution >= 4 is 27.1 Å². The molecular formula is C21H23N7O2S. The number of sulfone groups is 1. The standard InChI is InChI=1S/C21H23N7O2S/c1-31(29,30)15-9-14(11-25-12-15)19-10-16(17(22)13-26-19)21(23)18-3-2-4-20(27-18)28-7-5-24-6-8-28/h2-4,9-13,23-24H,5-8,22H2,1H3. The molecule has 0 spiro atoms. The average Bonchev–Trinajstić information content (AvgIpc) is 2.79. The predicted octanol–water partition coefficient (Wildman–Crippen LogP) is 1.35. The van der Waals surface area contributed by atoms with Crippen LogP contribution < -0.4 is 16.0 Å². The van der Waals surface area contributed by atoms with E-state index < -0.39 is 9.84 Å². The second-order valence-corrected chi connectivity index (χ2v) is 9.35. The third kappa shape index (κ3) is 4.54. The van der Waals surface area contributed by atoms with Gasteiger partial charge in [0.25, 0.3) is 0 Å². The summed E-state index contributed by atoms with van der Waals surface area (Å²) < 4.78 is 23.7. The maximum Gasteiger partial charge on any atom is 0.177 e. The number of piperazine rings is 1. The van der Waals surface area contributed by atoms with Gasteiger partial charge in [0.05, 0.1) is 33.9 Å². The number of hydrogen-bond acceptors (Lipinski definition) is 9. The number of anilines is 2. The van der Waals surface area contributed by atoms with E-state index in [4.69, 9.17) is 11.1 Å². The molecule has 0 atom stereocenters. The van der Waals surface area contributed by atoms with Gasteiger partial charge in [-0.3, -0.25) is 15.4 Å². The second-order valence-electron chi connectivity index (χ2n) is 7.33. The number of rotatable bonds is 5. The largest absolute Gasteiger partial charge is 0.397 e. The maximum absolute atomic E-state index is 11.9. The average molecular weight is 438 g/mol. The normalized spacial score (nSPS) is 14.4. The Morgan fingerprint density at radius 3 is 2.68 bits per heavy atom. The van der Waals surface area contributed by atoms with E-state index in [9.17, 15) is 8.42 Å². The molecule has 4 rings (SSSR count). The first-order valence-electron chi connectivity index (χ1n) is 9.76. The first-order valence-corrected chi connectivity index (χ1v) is 11.6. The van der Waals surface area contributed by atoms with Crippen molar-refractivity contribution in [3.05, 3.63) is 60.2 Å². The summed E-state index contributed by atoms with van der Waals surface area (Å²) in [5.41, 5.74) is 8.62. The van der Waals surface area contributed by atoms with Crippen LogP contribution in [-0.4, -0.2) is 61.5 Å². The van der Waals surface area contributed by atoms with Crippen LogP contribution in [0, 0.1) is 5.41 Å². The van der Waals surface area contributed by atoms with E-state index in [-0.39, 0.29) is 10.6 Å². The van der Waals surface area contributed by atoms with E-state index in [0.717, 1.165) is 38.3 Å². The minimum Gasteiger partial charge on any atom is -0.397 e. The summed E-state index contributed by atoms with van der Waals surface area (Å²) in [6.07, 6.45) is 5.42. The first-order chi connectivity index (χ1) is 14.8. The van der Waals surface area contributed by atoms with E-state index in [1.165, 1.54) is 24.7 Å². The fraction of sp³-hybridized carbons (Fsp3) is 0.238. The highest BCUT2D eigenvalue weighted by atomic mass is 32.2. The number of hydrogen-bond donors (Lipinski definition) is 3. The number of nitrogens with two attached hydrogens (primary N) is 1. The summed E-state index contributed by atoms with van der Waals surface area (Å²) in [7, 11) is -3.40. The Kier molecular flexibility index (Phi) is 5.66. The summed E-state index contributed by atoms with van der Waals surface area (Å²) in [5.74, 6) is 0.821. The fourth-order valence-electron chi connectivity index (χ4n) is 3.37. The van der Waals surface area contributed by atoms with Crippen LogP contribution in [0.2, 0.25) is 0 Å². The quantitative estimate of drug-likeness (QED) is 0.509. The second kappa shape index (κ2) is 8.40. The van der Waals surface area contributed by atoms with Gasteiger partial charge >= 0.3 is 0 Å². The van der Waals surface area contributed by atoms with Crippen LogP contribution in [0.3, 0.4) is 0 Å². The zero-order valence-electron chi connectivity index (χ0n) is 17.0. The predicted molar refractivity (Wildman–Crippen MR) is 120 cm³/mol. The van der Waals surface area contributed by atoms with Gasteiger partial charge in [-0.25, -0.2) is 13.4 Å². The molecule has 4 heterocycles. The third-order valence-corrected chi connectivity index (χ3v) is 6.15. The molecule has 4 N–H and O–H groups in total. The zero-order valence-corrected chi connectivity index (χ0v) is 17.9. The molecule has 0 unspecified atom stereocenters. The smallest absolute Gasteiger partial charge is 0.177 e. The van der Waals surface area contributed by atoms with Gasteiger partial charge in [-0.2, -0.15) is 0 Å². The Bertz CT molecular complexity index is 1240. The molecule has 1 aliphatic heterocycles. The summed E-state index contributed by atoms with van der Waals surface area (Å²) in [5, 5.41) is 12.0. The van der Waals surface area contributed by atoms with Crippen molar-refractivity contribution in [3.8, 4) is 11.3 Å². The lowest BCUT2D eigenvalue weighted by atomic mass is 10.0. The molecule has 0 aromatic carbocycles. The maximum atomic E-state index is 11.9. The highest BCUT2D eigenvalue weighted by Gasteiger charge is 2.17. The third-order valence-electron chi connectivity index (χ3n) is 5.07. The van der Waals surface area contributed by atoms with Crippen LogP contribution in [0.4, 0.5) is 11.5 Å². The Labute approximate surface area is 180 Å². The number of nitrogens with one attached hydrogen (secondary N) is 2. The molecule has 0 amide bonds. The van der Waals surface area contributed by atoms with Gasteiger partial charge in [-0.15, -0.1) is 0 Å². The minimum atomic E-state index is -3.40. The molecule has 1 aliphatic rings. The van der Waals surface area contributed by atoms with Crippen molar-refractivity contribution in [1.29, 1.82) is 5.41 Å². The van der Waals surface area contributed by atoms with Crippen LogP contribution >= 0.6 is 0 Å². The summed E-state index contributed by atoms with van der Waals surface area (Å²) in [6, 6.07) is 8.77. The molecular weight excluding hydrogens is 414 g/mol. The Morgan fingerprint density at radius 1 is 1.16 bits per heavy atom. The Morgan fingerprint density at radius 2 is 1.94 bits per heavy atom. The van der Waals surface area contributed by atoms with Crippen LogP contribution in [0.15, 0.2) is 53.8 Å². The zero-order chi connectivity index (χ0) is 22.0. The molecule has 9 nitrogen and oxygen atoms in total. The minimum absolute atomic E-state index is 0.102. The SMILES string of the molecule is CS(=O)(=O)c1cncc(-c2cc(C(=N)c3cccc(N4CCNCC4)n3)c(N)cn2)c1. The van der Waals surface area contributed by atoms with Crippen LogP contribution in [0.5, 0.6) is 0 Å². The van der Waals surface area contributed by atoms with E-state index in [1.54, 1.807) is 12.1 Å². The van der Waals surface area contributed by atoms with E-state index in [2.05, 4.69) is 25.2 Å². The van der Waals surface area contributed by atoms with Crippen molar-refractivity contribution in [1.82, 2.24) is 20.3 Å². The fourth-order valence-corrected chi connectivity index (χ4v) is 3.97. The van der Waals surface area contributed by atoms with Crippen molar-refractivity contribution < 1.29 is 8.42 Å². The number of nitrogens with zero attached hydrogens (tertiary/aromatic N) is 4. The van der Waals surface area contributed by atoms with E-state index >= 15 is 0 Å². The van der Waals surface area contributed by atoms with Crippen LogP contribution in [0.1, 0.15) is 11.3 Å². The van der Waals surface area contributed by atoms with Gasteiger partial charge < -0.3 is 16.0 Å². The molecule has 31 heavy (non-hydrogen) atoms. The van der Waals surface area contributed by atoms with Crippen molar-refractivity contribution in [2.24, 2.45) is 0 Å². The summed E-state index contributed by atoms with van der Waals surface area (Å²) in [6.45, 7) is 3.50. The molecule has 0 radical (unpaired) electrons. The van der Waals surface area contributed by atoms with Gasteiger partial charge in [-0.1, -0.05) is 6.07 Å². The van der Waals surface area contributed by atoms with Crippen LogP contribution in [0.25, 0.3) is 11.3 Å². The molecule has 3 aromatic rings. The summed E-state index contributed by atoms with van der Waals surface area (Å²) >= 11 is 0. The number of pyridine rings is 3.